The van der Waals surface area contributed by atoms with Crippen molar-refractivity contribution in [1.29, 1.82) is 0 Å². The minimum atomic E-state index is -0.249. The highest BCUT2D eigenvalue weighted by atomic mass is 16.2. The molecule has 1 saturated heterocycles. The van der Waals surface area contributed by atoms with Crippen molar-refractivity contribution >= 4 is 16.8 Å². The van der Waals surface area contributed by atoms with Crippen molar-refractivity contribution in [3.8, 4) is 16.8 Å². The Morgan fingerprint density at radius 3 is 2.70 bits per heavy atom. The fourth-order valence-corrected chi connectivity index (χ4v) is 4.60. The molecule has 1 fully saturated rings. The molecule has 0 bridgehead atoms. The predicted molar refractivity (Wildman–Crippen MR) is 128 cm³/mol. The number of pyridine rings is 1. The van der Waals surface area contributed by atoms with E-state index in [0.29, 0.717) is 24.7 Å². The third-order valence-corrected chi connectivity index (χ3v) is 6.37. The monoisotopic (exact) mass is 441 g/mol. The maximum Gasteiger partial charge on any atom is 0.347 e. The molecule has 1 aliphatic heterocycles. The molecule has 7 nitrogen and oxygen atoms in total. The Bertz CT molecular complexity index is 1350. The van der Waals surface area contributed by atoms with Gasteiger partial charge in [0.1, 0.15) is 5.82 Å². The van der Waals surface area contributed by atoms with Crippen LogP contribution in [0, 0.1) is 11.8 Å². The van der Waals surface area contributed by atoms with Crippen LogP contribution in [0.1, 0.15) is 26.1 Å². The molecule has 0 saturated carbocycles. The summed E-state index contributed by atoms with van der Waals surface area (Å²) in [5.74, 6) is 1.19. The second-order valence-electron chi connectivity index (χ2n) is 9.04. The number of H-pyrrole nitrogens is 1. The van der Waals surface area contributed by atoms with Crippen LogP contribution in [0.2, 0.25) is 0 Å². The SMILES string of the molecule is CC(C)C(=O)N1CC[C@@H](Cc2n[nH]c(=O)n2-c2ccc(-c3ccc4cccnc4c3)cc2)C1. The molecule has 0 aliphatic carbocycles. The Balaban J connectivity index is 1.36. The van der Waals surface area contributed by atoms with Crippen molar-refractivity contribution in [3.63, 3.8) is 0 Å². The van der Waals surface area contributed by atoms with Gasteiger partial charge in [0.25, 0.3) is 0 Å². The van der Waals surface area contributed by atoms with Crippen molar-refractivity contribution in [1.82, 2.24) is 24.6 Å². The number of benzene rings is 2. The molecule has 1 aliphatic rings. The average Bonchev–Trinajstić information content (AvgIpc) is 3.45. The van der Waals surface area contributed by atoms with E-state index in [1.165, 1.54) is 0 Å². The van der Waals surface area contributed by atoms with Gasteiger partial charge in [-0.2, -0.15) is 5.10 Å². The van der Waals surface area contributed by atoms with Gasteiger partial charge in [-0.15, -0.1) is 0 Å². The van der Waals surface area contributed by atoms with E-state index in [1.807, 2.05) is 55.1 Å². The van der Waals surface area contributed by atoms with Crippen molar-refractivity contribution in [3.05, 3.63) is 77.1 Å². The van der Waals surface area contributed by atoms with Crippen LogP contribution in [-0.4, -0.2) is 43.6 Å². The molecule has 0 unspecified atom stereocenters. The summed E-state index contributed by atoms with van der Waals surface area (Å²) in [5.41, 5.74) is 3.62. The van der Waals surface area contributed by atoms with E-state index in [1.54, 1.807) is 10.8 Å². The first-order chi connectivity index (χ1) is 16.0. The number of aromatic nitrogens is 4. The van der Waals surface area contributed by atoms with Crippen LogP contribution in [0.25, 0.3) is 27.7 Å². The van der Waals surface area contributed by atoms with Gasteiger partial charge in [0, 0.05) is 37.0 Å². The molecule has 33 heavy (non-hydrogen) atoms. The van der Waals surface area contributed by atoms with Crippen molar-refractivity contribution in [2.45, 2.75) is 26.7 Å². The Kier molecular flexibility index (Phi) is 5.54. The van der Waals surface area contributed by atoms with Crippen molar-refractivity contribution in [2.75, 3.05) is 13.1 Å². The second kappa shape index (κ2) is 8.65. The molecule has 4 aromatic rings. The molecule has 0 spiro atoms. The van der Waals surface area contributed by atoms with Crippen molar-refractivity contribution in [2.24, 2.45) is 11.8 Å². The van der Waals surface area contributed by atoms with Gasteiger partial charge in [0.2, 0.25) is 5.91 Å². The highest BCUT2D eigenvalue weighted by molar-refractivity contribution is 5.84. The molecule has 0 radical (unpaired) electrons. The first kappa shape index (κ1) is 21.1. The molecule has 2 aromatic heterocycles. The Morgan fingerprint density at radius 2 is 1.91 bits per heavy atom. The quantitative estimate of drug-likeness (QED) is 0.510. The summed E-state index contributed by atoms with van der Waals surface area (Å²) in [6.07, 6.45) is 3.37. The van der Waals surface area contributed by atoms with Gasteiger partial charge in [-0.05, 0) is 47.7 Å². The van der Waals surface area contributed by atoms with E-state index in [4.69, 9.17) is 0 Å². The maximum atomic E-state index is 12.5. The van der Waals surface area contributed by atoms with E-state index in [2.05, 4.69) is 33.4 Å². The molecular formula is C26H27N5O2. The van der Waals surface area contributed by atoms with Crippen LogP contribution >= 0.6 is 0 Å². The fraction of sp³-hybridized carbons (Fsp3) is 0.308. The summed E-state index contributed by atoms with van der Waals surface area (Å²) in [7, 11) is 0. The summed E-state index contributed by atoms with van der Waals surface area (Å²) >= 11 is 0. The maximum absolute atomic E-state index is 12.5. The first-order valence-corrected chi connectivity index (χ1v) is 11.4. The smallest absolute Gasteiger partial charge is 0.342 e. The van der Waals surface area contributed by atoms with Gasteiger partial charge in [-0.3, -0.25) is 9.78 Å². The van der Waals surface area contributed by atoms with Crippen LogP contribution in [0.5, 0.6) is 0 Å². The molecule has 168 valence electrons. The number of amides is 1. The minimum absolute atomic E-state index is 0.00390. The standard InChI is InChI=1S/C26H27N5O2/c1-17(2)25(32)30-13-11-18(16-30)14-24-28-29-26(33)31(24)22-9-7-19(8-10-22)21-6-5-20-4-3-12-27-23(20)15-21/h3-10,12,15,17-18H,11,13-14,16H2,1-2H3,(H,29,33)/t18-/m0/s1. The minimum Gasteiger partial charge on any atom is -0.342 e. The third-order valence-electron chi connectivity index (χ3n) is 6.37. The number of carbonyl (C=O) groups is 1. The number of likely N-dealkylation sites (tertiary alicyclic amines) is 1. The Labute approximate surface area is 192 Å². The van der Waals surface area contributed by atoms with E-state index in [0.717, 1.165) is 40.7 Å². The molecule has 1 amide bonds. The Hall–Kier alpha value is -3.74. The number of hydrogen-bond acceptors (Lipinski definition) is 4. The summed E-state index contributed by atoms with van der Waals surface area (Å²) in [6, 6.07) is 18.1. The topological polar surface area (TPSA) is 83.9 Å². The lowest BCUT2D eigenvalue weighted by Crippen LogP contribution is -2.32. The number of nitrogens with zero attached hydrogens (tertiary/aromatic N) is 4. The third kappa shape index (κ3) is 4.18. The van der Waals surface area contributed by atoms with Gasteiger partial charge in [-0.25, -0.2) is 14.5 Å². The molecule has 3 heterocycles. The van der Waals surface area contributed by atoms with Crippen LogP contribution in [0.3, 0.4) is 0 Å². The lowest BCUT2D eigenvalue weighted by Gasteiger charge is -2.18. The van der Waals surface area contributed by atoms with E-state index >= 15 is 0 Å². The fourth-order valence-electron chi connectivity index (χ4n) is 4.60. The van der Waals surface area contributed by atoms with Crippen LogP contribution in [-0.2, 0) is 11.2 Å². The van der Waals surface area contributed by atoms with E-state index < -0.39 is 0 Å². The molecule has 1 atom stereocenters. The summed E-state index contributed by atoms with van der Waals surface area (Å²) in [4.78, 5) is 31.2. The summed E-state index contributed by atoms with van der Waals surface area (Å²) in [6.45, 7) is 5.34. The lowest BCUT2D eigenvalue weighted by molar-refractivity contribution is -0.133. The molecule has 1 N–H and O–H groups in total. The number of hydrogen-bond donors (Lipinski definition) is 1. The molecule has 7 heteroatoms. The van der Waals surface area contributed by atoms with Gasteiger partial charge >= 0.3 is 5.69 Å². The summed E-state index contributed by atoms with van der Waals surface area (Å²) < 4.78 is 1.64. The molecular weight excluding hydrogens is 414 g/mol. The van der Waals surface area contributed by atoms with Crippen molar-refractivity contribution < 1.29 is 4.79 Å². The Morgan fingerprint density at radius 1 is 1.12 bits per heavy atom. The number of aromatic amines is 1. The molecule has 5 rings (SSSR count). The number of carbonyl (C=O) groups excluding carboxylic acids is 1. The summed E-state index contributed by atoms with van der Waals surface area (Å²) in [5, 5.41) is 7.99. The predicted octanol–water partition coefficient (Wildman–Crippen LogP) is 3.82. The van der Waals surface area contributed by atoms with Gasteiger partial charge in [0.05, 0.1) is 11.2 Å². The van der Waals surface area contributed by atoms with E-state index in [9.17, 15) is 9.59 Å². The van der Waals surface area contributed by atoms with Gasteiger partial charge in [-0.1, -0.05) is 44.2 Å². The zero-order valence-electron chi connectivity index (χ0n) is 18.9. The van der Waals surface area contributed by atoms with Gasteiger partial charge in [0.15, 0.2) is 0 Å². The average molecular weight is 442 g/mol. The van der Waals surface area contributed by atoms with Crippen LogP contribution in [0.15, 0.2) is 65.6 Å². The zero-order valence-corrected chi connectivity index (χ0v) is 18.9. The largest absolute Gasteiger partial charge is 0.347 e. The lowest BCUT2D eigenvalue weighted by atomic mass is 10.0. The number of nitrogens with one attached hydrogen (secondary N) is 1. The van der Waals surface area contributed by atoms with Gasteiger partial charge < -0.3 is 4.90 Å². The van der Waals surface area contributed by atoms with Crippen LogP contribution in [0.4, 0.5) is 0 Å². The molecule has 2 aromatic carbocycles. The zero-order chi connectivity index (χ0) is 22.9. The van der Waals surface area contributed by atoms with Crippen LogP contribution < -0.4 is 5.69 Å². The van der Waals surface area contributed by atoms with E-state index in [-0.39, 0.29) is 17.5 Å². The first-order valence-electron chi connectivity index (χ1n) is 11.4. The highest BCUT2D eigenvalue weighted by Gasteiger charge is 2.29. The number of fused-ring (bicyclic) bond motifs is 1. The second-order valence-corrected chi connectivity index (χ2v) is 9.04. The highest BCUT2D eigenvalue weighted by Crippen LogP contribution is 2.26. The number of rotatable bonds is 5. The normalized spacial score (nSPS) is 16.1.